The number of hydrogen-bond donors (Lipinski definition) is 2. The van der Waals surface area contributed by atoms with Crippen molar-refractivity contribution in [1.82, 2.24) is 14.9 Å². The van der Waals surface area contributed by atoms with Crippen molar-refractivity contribution in [2.24, 2.45) is 0 Å². The molecule has 1 aromatic rings. The van der Waals surface area contributed by atoms with Crippen LogP contribution in [0.25, 0.3) is 0 Å². The van der Waals surface area contributed by atoms with Crippen molar-refractivity contribution in [1.29, 1.82) is 0 Å². The standard InChI is InChI=1S/C10H16ClN3O3/c1-7(6-17-2)12-3-4-14-5-8(11)9(15)13-10(14)16/h5,7,12H,3-4,6H2,1-2H3,(H,13,15,16). The largest absolute Gasteiger partial charge is 0.383 e. The third-order valence-electron chi connectivity index (χ3n) is 2.23. The maximum Gasteiger partial charge on any atom is 0.328 e. The minimum atomic E-state index is -0.561. The fourth-order valence-electron chi connectivity index (χ4n) is 1.39. The van der Waals surface area contributed by atoms with Crippen LogP contribution in [0.4, 0.5) is 0 Å². The summed E-state index contributed by atoms with van der Waals surface area (Å²) in [6, 6.07) is 0.203. The van der Waals surface area contributed by atoms with Gasteiger partial charge in [0.05, 0.1) is 6.61 Å². The SMILES string of the molecule is COCC(C)NCCn1cc(Cl)c(=O)[nH]c1=O. The van der Waals surface area contributed by atoms with Crippen LogP contribution in [0, 0.1) is 0 Å². The topological polar surface area (TPSA) is 76.1 Å². The van der Waals surface area contributed by atoms with E-state index in [1.165, 1.54) is 10.8 Å². The second kappa shape index (κ2) is 6.58. The van der Waals surface area contributed by atoms with E-state index in [-0.39, 0.29) is 11.1 Å². The first-order valence-electron chi connectivity index (χ1n) is 5.26. The van der Waals surface area contributed by atoms with Crippen LogP contribution in [0.1, 0.15) is 6.92 Å². The number of ether oxygens (including phenoxy) is 1. The van der Waals surface area contributed by atoms with Gasteiger partial charge in [-0.2, -0.15) is 0 Å². The number of nitrogens with one attached hydrogen (secondary N) is 2. The average Bonchev–Trinajstić information content (AvgIpc) is 2.26. The Morgan fingerprint density at radius 3 is 2.94 bits per heavy atom. The maximum absolute atomic E-state index is 11.4. The molecule has 1 atom stereocenters. The van der Waals surface area contributed by atoms with E-state index < -0.39 is 11.2 Å². The summed E-state index contributed by atoms with van der Waals surface area (Å²) in [6.07, 6.45) is 1.34. The number of rotatable bonds is 6. The van der Waals surface area contributed by atoms with Gasteiger partial charge >= 0.3 is 5.69 Å². The lowest BCUT2D eigenvalue weighted by Crippen LogP contribution is -2.36. The number of H-pyrrole nitrogens is 1. The molecular weight excluding hydrogens is 246 g/mol. The molecule has 0 aliphatic carbocycles. The highest BCUT2D eigenvalue weighted by Gasteiger charge is 2.03. The minimum absolute atomic E-state index is 0.00883. The fourth-order valence-corrected chi connectivity index (χ4v) is 1.55. The van der Waals surface area contributed by atoms with Crippen molar-refractivity contribution in [2.45, 2.75) is 19.5 Å². The zero-order valence-corrected chi connectivity index (χ0v) is 10.6. The quantitative estimate of drug-likeness (QED) is 0.745. The summed E-state index contributed by atoms with van der Waals surface area (Å²) in [7, 11) is 1.63. The Morgan fingerprint density at radius 1 is 1.59 bits per heavy atom. The summed E-state index contributed by atoms with van der Waals surface area (Å²) in [5.74, 6) is 0. The zero-order chi connectivity index (χ0) is 12.8. The van der Waals surface area contributed by atoms with Crippen LogP contribution in [-0.2, 0) is 11.3 Å². The number of methoxy groups -OCH3 is 1. The number of halogens is 1. The summed E-state index contributed by atoms with van der Waals surface area (Å²) in [4.78, 5) is 24.6. The Hall–Kier alpha value is -1.11. The first-order chi connectivity index (χ1) is 8.04. The monoisotopic (exact) mass is 261 g/mol. The van der Waals surface area contributed by atoms with E-state index in [4.69, 9.17) is 16.3 Å². The van der Waals surface area contributed by atoms with Crippen LogP contribution in [0.5, 0.6) is 0 Å². The molecule has 1 aromatic heterocycles. The number of aromatic nitrogens is 2. The van der Waals surface area contributed by atoms with Gasteiger partial charge in [0, 0.05) is 32.4 Å². The second-order valence-electron chi connectivity index (χ2n) is 3.74. The summed E-state index contributed by atoms with van der Waals surface area (Å²) >= 11 is 5.63. The Labute approximate surface area is 104 Å². The van der Waals surface area contributed by atoms with Gasteiger partial charge in [0.1, 0.15) is 5.02 Å². The van der Waals surface area contributed by atoms with Gasteiger partial charge in [-0.3, -0.25) is 14.3 Å². The van der Waals surface area contributed by atoms with E-state index >= 15 is 0 Å². The molecule has 0 spiro atoms. The Kier molecular flexibility index (Phi) is 5.40. The lowest BCUT2D eigenvalue weighted by Gasteiger charge is -2.13. The average molecular weight is 262 g/mol. The molecule has 6 nitrogen and oxygen atoms in total. The van der Waals surface area contributed by atoms with E-state index in [0.29, 0.717) is 19.7 Å². The van der Waals surface area contributed by atoms with Crippen molar-refractivity contribution in [2.75, 3.05) is 20.3 Å². The number of aromatic amines is 1. The summed E-state index contributed by atoms with van der Waals surface area (Å²) < 4.78 is 6.32. The molecule has 0 radical (unpaired) electrons. The molecule has 1 rings (SSSR count). The molecule has 0 aromatic carbocycles. The highest BCUT2D eigenvalue weighted by Crippen LogP contribution is 1.95. The van der Waals surface area contributed by atoms with Gasteiger partial charge in [-0.25, -0.2) is 4.79 Å². The highest BCUT2D eigenvalue weighted by molar-refractivity contribution is 6.30. The normalized spacial score (nSPS) is 12.6. The first-order valence-corrected chi connectivity index (χ1v) is 5.64. The van der Waals surface area contributed by atoms with Gasteiger partial charge in [-0.1, -0.05) is 11.6 Å². The maximum atomic E-state index is 11.4. The predicted octanol–water partition coefficient (Wildman–Crippen LogP) is -0.186. The second-order valence-corrected chi connectivity index (χ2v) is 4.15. The molecule has 7 heteroatoms. The summed E-state index contributed by atoms with van der Waals surface area (Å²) in [6.45, 7) is 3.60. The lowest BCUT2D eigenvalue weighted by molar-refractivity contribution is 0.172. The molecule has 0 bridgehead atoms. The van der Waals surface area contributed by atoms with Gasteiger partial charge in [-0.05, 0) is 6.92 Å². The van der Waals surface area contributed by atoms with Crippen LogP contribution >= 0.6 is 11.6 Å². The summed E-state index contributed by atoms with van der Waals surface area (Å²) in [5, 5.41) is 3.18. The Balaban J connectivity index is 2.55. The van der Waals surface area contributed by atoms with Crippen molar-refractivity contribution in [3.8, 4) is 0 Å². The predicted molar refractivity (Wildman–Crippen MR) is 65.7 cm³/mol. The van der Waals surface area contributed by atoms with Gasteiger partial charge in [-0.15, -0.1) is 0 Å². The van der Waals surface area contributed by atoms with E-state index in [1.54, 1.807) is 7.11 Å². The Bertz CT molecular complexity index is 469. The van der Waals surface area contributed by atoms with Crippen LogP contribution < -0.4 is 16.6 Å². The van der Waals surface area contributed by atoms with Crippen LogP contribution in [0.2, 0.25) is 5.02 Å². The molecule has 2 N–H and O–H groups in total. The highest BCUT2D eigenvalue weighted by atomic mass is 35.5. The molecule has 0 saturated heterocycles. The molecule has 0 aliphatic rings. The molecule has 17 heavy (non-hydrogen) atoms. The third kappa shape index (κ3) is 4.33. The van der Waals surface area contributed by atoms with Crippen molar-refractivity contribution < 1.29 is 4.74 Å². The van der Waals surface area contributed by atoms with Crippen molar-refractivity contribution >= 4 is 11.6 Å². The van der Waals surface area contributed by atoms with Crippen molar-refractivity contribution in [3.05, 3.63) is 32.1 Å². The fraction of sp³-hybridized carbons (Fsp3) is 0.600. The Morgan fingerprint density at radius 2 is 2.29 bits per heavy atom. The van der Waals surface area contributed by atoms with Crippen molar-refractivity contribution in [3.63, 3.8) is 0 Å². The van der Waals surface area contributed by atoms with Gasteiger partial charge in [0.2, 0.25) is 0 Å². The van der Waals surface area contributed by atoms with Gasteiger partial charge in [0.15, 0.2) is 0 Å². The summed E-state index contributed by atoms with van der Waals surface area (Å²) in [5.41, 5.74) is -1.02. The molecule has 0 fully saturated rings. The number of hydrogen-bond acceptors (Lipinski definition) is 4. The third-order valence-corrected chi connectivity index (χ3v) is 2.50. The molecule has 0 amide bonds. The molecule has 1 unspecified atom stereocenters. The molecule has 1 heterocycles. The molecule has 0 saturated carbocycles. The van der Waals surface area contributed by atoms with Gasteiger partial charge < -0.3 is 10.1 Å². The zero-order valence-electron chi connectivity index (χ0n) is 9.83. The lowest BCUT2D eigenvalue weighted by atomic mass is 10.3. The van der Waals surface area contributed by atoms with E-state index in [9.17, 15) is 9.59 Å². The smallest absolute Gasteiger partial charge is 0.328 e. The van der Waals surface area contributed by atoms with Crippen LogP contribution in [0.15, 0.2) is 15.8 Å². The van der Waals surface area contributed by atoms with E-state index in [1.807, 2.05) is 6.92 Å². The van der Waals surface area contributed by atoms with E-state index in [2.05, 4.69) is 10.3 Å². The first kappa shape index (κ1) is 14.0. The van der Waals surface area contributed by atoms with E-state index in [0.717, 1.165) is 0 Å². The molecule has 96 valence electrons. The molecular formula is C10H16ClN3O3. The number of nitrogens with zero attached hydrogens (tertiary/aromatic N) is 1. The molecule has 0 aliphatic heterocycles. The minimum Gasteiger partial charge on any atom is -0.383 e. The van der Waals surface area contributed by atoms with Crippen LogP contribution in [0.3, 0.4) is 0 Å². The van der Waals surface area contributed by atoms with Crippen LogP contribution in [-0.4, -0.2) is 35.9 Å². The van der Waals surface area contributed by atoms with Gasteiger partial charge in [0.25, 0.3) is 5.56 Å².